The van der Waals surface area contributed by atoms with Crippen LogP contribution in [-0.4, -0.2) is 40.2 Å². The van der Waals surface area contributed by atoms with Gasteiger partial charge >= 0.3 is 5.97 Å². The second-order valence-electron chi connectivity index (χ2n) is 3.76. The molecule has 0 radical (unpaired) electrons. The number of aromatic nitrogens is 2. The Balaban J connectivity index is 2.93. The van der Waals surface area contributed by atoms with E-state index in [1.807, 2.05) is 20.8 Å². The SMILES string of the molecule is CCOc1cncc(N(CC(=O)O)C(C)C)n1. The number of carboxylic acid groups (broad SMARTS) is 1. The van der Waals surface area contributed by atoms with Gasteiger partial charge in [-0.15, -0.1) is 0 Å². The van der Waals surface area contributed by atoms with E-state index in [1.165, 1.54) is 12.4 Å². The predicted octanol–water partition coefficient (Wildman–Crippen LogP) is 1.17. The fourth-order valence-corrected chi connectivity index (χ4v) is 1.37. The lowest BCUT2D eigenvalue weighted by Crippen LogP contribution is -2.36. The first-order valence-electron chi connectivity index (χ1n) is 5.47. The summed E-state index contributed by atoms with van der Waals surface area (Å²) in [6.07, 6.45) is 3.04. The van der Waals surface area contributed by atoms with E-state index in [9.17, 15) is 4.79 Å². The Labute approximate surface area is 100 Å². The molecule has 0 saturated heterocycles. The molecule has 1 N–H and O–H groups in total. The van der Waals surface area contributed by atoms with Crippen LogP contribution in [0.4, 0.5) is 5.82 Å². The van der Waals surface area contributed by atoms with E-state index in [0.717, 1.165) is 0 Å². The summed E-state index contributed by atoms with van der Waals surface area (Å²) in [4.78, 5) is 20.6. The first-order valence-corrected chi connectivity index (χ1v) is 5.47. The van der Waals surface area contributed by atoms with E-state index in [-0.39, 0.29) is 12.6 Å². The summed E-state index contributed by atoms with van der Waals surface area (Å²) in [6, 6.07) is 0.0253. The normalized spacial score (nSPS) is 10.4. The van der Waals surface area contributed by atoms with Gasteiger partial charge in [0.2, 0.25) is 5.88 Å². The molecular weight excluding hydrogens is 222 g/mol. The standard InChI is InChI=1S/C11H17N3O3/c1-4-17-10-6-12-5-9(13-10)14(8(2)3)7-11(15)16/h5-6,8H,4,7H2,1-3H3,(H,15,16). The number of aliphatic carboxylic acids is 1. The third-order valence-corrected chi connectivity index (χ3v) is 2.12. The number of hydrogen-bond acceptors (Lipinski definition) is 5. The molecule has 0 amide bonds. The summed E-state index contributed by atoms with van der Waals surface area (Å²) >= 11 is 0. The van der Waals surface area contributed by atoms with Gasteiger partial charge in [-0.1, -0.05) is 0 Å². The largest absolute Gasteiger partial charge is 0.480 e. The molecule has 0 aliphatic carbocycles. The molecule has 0 unspecified atom stereocenters. The van der Waals surface area contributed by atoms with E-state index in [0.29, 0.717) is 18.3 Å². The second kappa shape index (κ2) is 6.03. The van der Waals surface area contributed by atoms with Gasteiger partial charge in [0.25, 0.3) is 0 Å². The van der Waals surface area contributed by atoms with E-state index < -0.39 is 5.97 Å². The Kier molecular flexibility index (Phi) is 4.68. The maximum atomic E-state index is 10.8. The number of nitrogens with zero attached hydrogens (tertiary/aromatic N) is 3. The Morgan fingerprint density at radius 3 is 2.76 bits per heavy atom. The number of ether oxygens (including phenoxy) is 1. The average Bonchev–Trinajstić information content (AvgIpc) is 2.26. The molecule has 1 heterocycles. The first-order chi connectivity index (χ1) is 8.04. The summed E-state index contributed by atoms with van der Waals surface area (Å²) < 4.78 is 5.23. The quantitative estimate of drug-likeness (QED) is 0.803. The van der Waals surface area contributed by atoms with Crippen molar-refractivity contribution >= 4 is 11.8 Å². The van der Waals surface area contributed by atoms with Gasteiger partial charge < -0.3 is 14.7 Å². The van der Waals surface area contributed by atoms with Gasteiger partial charge in [0.05, 0.1) is 19.0 Å². The molecule has 0 atom stereocenters. The number of carbonyl (C=O) groups is 1. The highest BCUT2D eigenvalue weighted by Gasteiger charge is 2.16. The Bertz CT molecular complexity index is 382. The van der Waals surface area contributed by atoms with Crippen LogP contribution in [0.2, 0.25) is 0 Å². The molecule has 0 saturated carbocycles. The molecule has 1 aromatic rings. The van der Waals surface area contributed by atoms with Gasteiger partial charge in [0, 0.05) is 6.04 Å². The van der Waals surface area contributed by atoms with Crippen LogP contribution in [0.1, 0.15) is 20.8 Å². The van der Waals surface area contributed by atoms with Crippen LogP contribution in [0.15, 0.2) is 12.4 Å². The third-order valence-electron chi connectivity index (χ3n) is 2.12. The van der Waals surface area contributed by atoms with Gasteiger partial charge in [-0.2, -0.15) is 4.98 Å². The van der Waals surface area contributed by atoms with Crippen molar-refractivity contribution in [1.82, 2.24) is 9.97 Å². The molecule has 17 heavy (non-hydrogen) atoms. The highest BCUT2D eigenvalue weighted by molar-refractivity contribution is 5.73. The third kappa shape index (κ3) is 3.90. The van der Waals surface area contributed by atoms with Crippen LogP contribution in [0.3, 0.4) is 0 Å². The predicted molar refractivity (Wildman–Crippen MR) is 63.3 cm³/mol. The smallest absolute Gasteiger partial charge is 0.323 e. The molecule has 0 aliphatic heterocycles. The first kappa shape index (κ1) is 13.2. The molecule has 1 rings (SSSR count). The molecule has 1 aromatic heterocycles. The van der Waals surface area contributed by atoms with Gasteiger partial charge in [-0.3, -0.25) is 9.78 Å². The monoisotopic (exact) mass is 239 g/mol. The van der Waals surface area contributed by atoms with Crippen molar-refractivity contribution in [3.63, 3.8) is 0 Å². The van der Waals surface area contributed by atoms with Gasteiger partial charge in [-0.25, -0.2) is 0 Å². The van der Waals surface area contributed by atoms with Crippen LogP contribution in [0.5, 0.6) is 5.88 Å². The summed E-state index contributed by atoms with van der Waals surface area (Å²) in [5.41, 5.74) is 0. The Morgan fingerprint density at radius 1 is 1.53 bits per heavy atom. The highest BCUT2D eigenvalue weighted by atomic mass is 16.5. The molecule has 94 valence electrons. The van der Waals surface area contributed by atoms with Crippen LogP contribution in [0, 0.1) is 0 Å². The minimum atomic E-state index is -0.901. The van der Waals surface area contributed by atoms with Gasteiger partial charge in [0.15, 0.2) is 5.82 Å². The second-order valence-corrected chi connectivity index (χ2v) is 3.76. The average molecular weight is 239 g/mol. The topological polar surface area (TPSA) is 75.5 Å². The number of rotatable bonds is 6. The minimum Gasteiger partial charge on any atom is -0.480 e. The zero-order valence-electron chi connectivity index (χ0n) is 10.3. The van der Waals surface area contributed by atoms with Crippen molar-refractivity contribution in [2.75, 3.05) is 18.1 Å². The van der Waals surface area contributed by atoms with Gasteiger partial charge in [-0.05, 0) is 20.8 Å². The zero-order chi connectivity index (χ0) is 12.8. The maximum absolute atomic E-state index is 10.8. The lowest BCUT2D eigenvalue weighted by molar-refractivity contribution is -0.135. The minimum absolute atomic E-state index is 0.0253. The fourth-order valence-electron chi connectivity index (χ4n) is 1.37. The van der Waals surface area contributed by atoms with Crippen LogP contribution < -0.4 is 9.64 Å². The fraction of sp³-hybridized carbons (Fsp3) is 0.545. The summed E-state index contributed by atoms with van der Waals surface area (Å²) in [7, 11) is 0. The summed E-state index contributed by atoms with van der Waals surface area (Å²) in [5, 5.41) is 8.85. The van der Waals surface area contributed by atoms with Crippen molar-refractivity contribution in [3.8, 4) is 5.88 Å². The summed E-state index contributed by atoms with van der Waals surface area (Å²) in [6.45, 7) is 6.04. The van der Waals surface area contributed by atoms with Crippen molar-refractivity contribution in [3.05, 3.63) is 12.4 Å². The molecule has 0 aromatic carbocycles. The maximum Gasteiger partial charge on any atom is 0.323 e. The summed E-state index contributed by atoms with van der Waals surface area (Å²) in [5.74, 6) is 0.0108. The van der Waals surface area contributed by atoms with Crippen LogP contribution >= 0.6 is 0 Å². The van der Waals surface area contributed by atoms with E-state index in [4.69, 9.17) is 9.84 Å². The molecule has 0 fully saturated rings. The van der Waals surface area contributed by atoms with Crippen LogP contribution in [-0.2, 0) is 4.79 Å². The van der Waals surface area contributed by atoms with Crippen LogP contribution in [0.25, 0.3) is 0 Å². The number of hydrogen-bond donors (Lipinski definition) is 1. The van der Waals surface area contributed by atoms with E-state index >= 15 is 0 Å². The highest BCUT2D eigenvalue weighted by Crippen LogP contribution is 2.16. The zero-order valence-corrected chi connectivity index (χ0v) is 10.3. The Hall–Kier alpha value is -1.85. The number of anilines is 1. The molecule has 6 heteroatoms. The van der Waals surface area contributed by atoms with E-state index in [2.05, 4.69) is 9.97 Å². The molecule has 0 bridgehead atoms. The van der Waals surface area contributed by atoms with Crippen molar-refractivity contribution < 1.29 is 14.6 Å². The lowest BCUT2D eigenvalue weighted by Gasteiger charge is -2.25. The number of carboxylic acids is 1. The molecule has 0 spiro atoms. The molecular formula is C11H17N3O3. The lowest BCUT2D eigenvalue weighted by atomic mass is 10.3. The molecule has 6 nitrogen and oxygen atoms in total. The van der Waals surface area contributed by atoms with Crippen molar-refractivity contribution in [1.29, 1.82) is 0 Å². The van der Waals surface area contributed by atoms with Gasteiger partial charge in [0.1, 0.15) is 6.54 Å². The Morgan fingerprint density at radius 2 is 2.24 bits per heavy atom. The molecule has 0 aliphatic rings. The van der Waals surface area contributed by atoms with Crippen molar-refractivity contribution in [2.45, 2.75) is 26.8 Å². The van der Waals surface area contributed by atoms with E-state index in [1.54, 1.807) is 4.90 Å². The van der Waals surface area contributed by atoms with Crippen molar-refractivity contribution in [2.24, 2.45) is 0 Å².